The van der Waals surface area contributed by atoms with E-state index in [4.69, 9.17) is 4.74 Å². The first-order valence-electron chi connectivity index (χ1n) is 12.0. The van der Waals surface area contributed by atoms with Gasteiger partial charge in [0.05, 0.1) is 7.11 Å². The van der Waals surface area contributed by atoms with Gasteiger partial charge in [-0.25, -0.2) is 4.79 Å². The van der Waals surface area contributed by atoms with Crippen molar-refractivity contribution in [1.29, 1.82) is 0 Å². The van der Waals surface area contributed by atoms with Crippen molar-refractivity contribution in [2.45, 2.75) is 25.3 Å². The highest BCUT2D eigenvalue weighted by atomic mass is 79.9. The van der Waals surface area contributed by atoms with Gasteiger partial charge in [-0.2, -0.15) is 0 Å². The molecule has 190 valence electrons. The van der Waals surface area contributed by atoms with Gasteiger partial charge in [0.1, 0.15) is 11.2 Å². The quantitative estimate of drug-likeness (QED) is 0.525. The Kier molecular flexibility index (Phi) is 6.28. The van der Waals surface area contributed by atoms with Crippen molar-refractivity contribution in [3.63, 3.8) is 0 Å². The van der Waals surface area contributed by atoms with E-state index in [0.29, 0.717) is 30.9 Å². The second-order valence-corrected chi connectivity index (χ2v) is 11.0. The number of urea groups is 1. The van der Waals surface area contributed by atoms with Crippen molar-refractivity contribution in [2.75, 3.05) is 40.8 Å². The largest absolute Gasteiger partial charge is 0.496 e. The number of rotatable bonds is 5. The van der Waals surface area contributed by atoms with E-state index in [9.17, 15) is 19.2 Å². The molecular weight excluding hydrogens is 528 g/mol. The molecule has 1 aromatic heterocycles. The number of carbonyl (C=O) groups excluding carboxylic acids is 3. The molecule has 5 rings (SSSR count). The number of likely N-dealkylation sites (tertiary alicyclic amines) is 1. The molecule has 9 nitrogen and oxygen atoms in total. The lowest BCUT2D eigenvalue weighted by Gasteiger charge is -2.48. The van der Waals surface area contributed by atoms with Crippen LogP contribution >= 0.6 is 15.9 Å². The molecule has 0 N–H and O–H groups in total. The summed E-state index contributed by atoms with van der Waals surface area (Å²) in [6.45, 7) is 2.08. The van der Waals surface area contributed by atoms with Gasteiger partial charge in [-0.1, -0.05) is 22.0 Å². The maximum absolute atomic E-state index is 13.8. The summed E-state index contributed by atoms with van der Waals surface area (Å²) in [5.41, 5.74) is 0.219. The smallest absolute Gasteiger partial charge is 0.332 e. The first-order chi connectivity index (χ1) is 17.1. The van der Waals surface area contributed by atoms with Crippen LogP contribution in [0.1, 0.15) is 23.6 Å². The van der Waals surface area contributed by atoms with Crippen LogP contribution in [0.25, 0.3) is 0 Å². The summed E-state index contributed by atoms with van der Waals surface area (Å²) < 4.78 is 8.21. The number of amides is 4. The third-order valence-corrected chi connectivity index (χ3v) is 8.28. The zero-order valence-corrected chi connectivity index (χ0v) is 22.2. The van der Waals surface area contributed by atoms with Gasteiger partial charge in [0.2, 0.25) is 11.8 Å². The van der Waals surface area contributed by atoms with E-state index in [1.807, 2.05) is 22.8 Å². The molecule has 4 amide bonds. The molecule has 0 saturated carbocycles. The molecule has 1 aromatic carbocycles. The molecule has 3 aliphatic heterocycles. The zero-order valence-electron chi connectivity index (χ0n) is 20.6. The van der Waals surface area contributed by atoms with Crippen LogP contribution in [0.3, 0.4) is 0 Å². The highest BCUT2D eigenvalue weighted by molar-refractivity contribution is 9.10. The van der Waals surface area contributed by atoms with Crippen LogP contribution in [0.15, 0.2) is 45.7 Å². The van der Waals surface area contributed by atoms with Crippen LogP contribution in [0.2, 0.25) is 0 Å². The van der Waals surface area contributed by atoms with Gasteiger partial charge in [0, 0.05) is 68.8 Å². The van der Waals surface area contributed by atoms with Crippen molar-refractivity contribution in [3.05, 3.63) is 62.5 Å². The van der Waals surface area contributed by atoms with Gasteiger partial charge >= 0.3 is 6.03 Å². The molecule has 0 aliphatic carbocycles. The van der Waals surface area contributed by atoms with Crippen LogP contribution in [0.5, 0.6) is 5.75 Å². The van der Waals surface area contributed by atoms with Crippen LogP contribution in [-0.4, -0.2) is 78.0 Å². The highest BCUT2D eigenvalue weighted by Crippen LogP contribution is 2.40. The number of piperidine rings is 1. The van der Waals surface area contributed by atoms with Crippen LogP contribution < -0.4 is 10.3 Å². The van der Waals surface area contributed by atoms with Crippen molar-refractivity contribution >= 4 is 33.8 Å². The molecular formula is C26H29BrN4O5. The summed E-state index contributed by atoms with van der Waals surface area (Å²) in [5, 5.41) is 0. The number of barbiturate groups is 1. The lowest BCUT2D eigenvalue weighted by atomic mass is 9.75. The summed E-state index contributed by atoms with van der Waals surface area (Å²) in [6.07, 6.45) is 1.06. The maximum atomic E-state index is 13.8. The Morgan fingerprint density at radius 2 is 1.72 bits per heavy atom. The molecule has 0 unspecified atom stereocenters. The Balaban J connectivity index is 1.54. The predicted octanol–water partition coefficient (Wildman–Crippen LogP) is 2.32. The van der Waals surface area contributed by atoms with Crippen LogP contribution in [-0.2, 0) is 22.6 Å². The van der Waals surface area contributed by atoms with E-state index in [1.54, 1.807) is 25.3 Å². The number of halogens is 1. The van der Waals surface area contributed by atoms with E-state index in [0.717, 1.165) is 26.4 Å². The molecule has 36 heavy (non-hydrogen) atoms. The summed E-state index contributed by atoms with van der Waals surface area (Å²) in [6, 6.07) is 10.2. The van der Waals surface area contributed by atoms with Crippen molar-refractivity contribution < 1.29 is 19.1 Å². The number of nitrogens with zero attached hydrogens (tertiary/aromatic N) is 4. The molecule has 2 saturated heterocycles. The highest BCUT2D eigenvalue weighted by Gasteiger charge is 2.57. The van der Waals surface area contributed by atoms with Gasteiger partial charge in [0.15, 0.2) is 0 Å². The summed E-state index contributed by atoms with van der Waals surface area (Å²) >= 11 is 3.49. The van der Waals surface area contributed by atoms with Gasteiger partial charge in [0.25, 0.3) is 5.56 Å². The number of benzene rings is 1. The van der Waals surface area contributed by atoms with Crippen molar-refractivity contribution in [1.82, 2.24) is 19.3 Å². The number of ether oxygens (including phenoxy) is 1. The number of methoxy groups -OCH3 is 1. The van der Waals surface area contributed by atoms with Gasteiger partial charge < -0.3 is 14.2 Å². The Morgan fingerprint density at radius 3 is 2.42 bits per heavy atom. The first-order valence-corrected chi connectivity index (χ1v) is 12.8. The SMILES string of the molecule is COc1ccc(Br)cc1CC1(CN2C[C@H]3C[C@@H](C2)c2cccc(=O)n2C3)C(=O)N(C)C(=O)N(C)C1=O. The molecule has 2 fully saturated rings. The van der Waals surface area contributed by atoms with E-state index < -0.39 is 23.3 Å². The summed E-state index contributed by atoms with van der Waals surface area (Å²) in [5.74, 6) is -0.0754. The third kappa shape index (κ3) is 3.96. The summed E-state index contributed by atoms with van der Waals surface area (Å²) in [7, 11) is 4.40. The first kappa shape index (κ1) is 24.7. The van der Waals surface area contributed by atoms with Crippen molar-refractivity contribution in [3.8, 4) is 5.75 Å². The number of fused-ring (bicyclic) bond motifs is 4. The minimum absolute atomic E-state index is 0.00766. The predicted molar refractivity (Wildman–Crippen MR) is 136 cm³/mol. The number of hydrogen-bond acceptors (Lipinski definition) is 6. The van der Waals surface area contributed by atoms with Crippen molar-refractivity contribution in [2.24, 2.45) is 11.3 Å². The van der Waals surface area contributed by atoms with E-state index in [2.05, 4.69) is 20.8 Å². The molecule has 0 radical (unpaired) electrons. The number of carbonyl (C=O) groups is 3. The number of pyridine rings is 1. The third-order valence-electron chi connectivity index (χ3n) is 7.79. The molecule has 2 aromatic rings. The van der Waals surface area contributed by atoms with Gasteiger partial charge in [-0.3, -0.25) is 24.2 Å². The average molecular weight is 557 g/mol. The molecule has 0 spiro atoms. The Hall–Kier alpha value is -2.98. The molecule has 3 aliphatic rings. The molecule has 10 heteroatoms. The Morgan fingerprint density at radius 1 is 1.00 bits per heavy atom. The maximum Gasteiger partial charge on any atom is 0.332 e. The topological polar surface area (TPSA) is 92.2 Å². The minimum Gasteiger partial charge on any atom is -0.496 e. The average Bonchev–Trinajstić information content (AvgIpc) is 2.86. The van der Waals surface area contributed by atoms with E-state index in [-0.39, 0.29) is 30.4 Å². The Bertz CT molecular complexity index is 1280. The van der Waals surface area contributed by atoms with Gasteiger partial charge in [-0.15, -0.1) is 0 Å². The molecule has 2 bridgehead atoms. The molecule has 2 atom stereocenters. The second-order valence-electron chi connectivity index (χ2n) is 10.1. The van der Waals surface area contributed by atoms with Crippen LogP contribution in [0.4, 0.5) is 4.79 Å². The monoisotopic (exact) mass is 556 g/mol. The summed E-state index contributed by atoms with van der Waals surface area (Å²) in [4.78, 5) is 56.9. The fourth-order valence-electron chi connectivity index (χ4n) is 6.19. The number of imide groups is 2. The lowest BCUT2D eigenvalue weighted by Crippen LogP contribution is -2.67. The van der Waals surface area contributed by atoms with E-state index >= 15 is 0 Å². The van der Waals surface area contributed by atoms with Crippen LogP contribution in [0, 0.1) is 11.3 Å². The lowest BCUT2D eigenvalue weighted by molar-refractivity contribution is -0.159. The standard InChI is InChI=1S/C26H29BrN4O5/c1-28-23(33)26(24(34)29(2)25(28)35,11-17-10-19(27)7-8-21(17)36-3)15-30-12-16-9-18(14-30)20-5-4-6-22(32)31(20)13-16/h4-8,10,16,18H,9,11-15H2,1-3H3/t16-,18+/m1/s1. The minimum atomic E-state index is -1.49. The zero-order chi connectivity index (χ0) is 25.8. The van der Waals surface area contributed by atoms with E-state index in [1.165, 1.54) is 14.1 Å². The fraction of sp³-hybridized carbons (Fsp3) is 0.462. The number of hydrogen-bond donors (Lipinski definition) is 0. The molecule has 4 heterocycles. The van der Waals surface area contributed by atoms with Gasteiger partial charge in [-0.05, 0) is 42.2 Å². The second kappa shape index (κ2) is 9.15. The normalized spacial score (nSPS) is 23.6. The Labute approximate surface area is 217 Å². The fourth-order valence-corrected chi connectivity index (χ4v) is 6.60. The number of aromatic nitrogens is 1.